The zero-order chi connectivity index (χ0) is 13.7. The Bertz CT molecular complexity index is 552. The third-order valence-electron chi connectivity index (χ3n) is 2.15. The van der Waals surface area contributed by atoms with Gasteiger partial charge < -0.3 is 10.7 Å². The lowest BCUT2D eigenvalue weighted by atomic mass is 10.3. The number of nitrogen functional groups attached to an aromatic ring is 1. The fourth-order valence-corrected chi connectivity index (χ4v) is 2.00. The monoisotopic (exact) mass is 283 g/mol. The van der Waals surface area contributed by atoms with Crippen molar-refractivity contribution in [3.63, 3.8) is 0 Å². The van der Waals surface area contributed by atoms with E-state index >= 15 is 0 Å². The van der Waals surface area contributed by atoms with Crippen LogP contribution >= 0.6 is 11.8 Å². The molecule has 19 heavy (non-hydrogen) atoms. The summed E-state index contributed by atoms with van der Waals surface area (Å²) in [4.78, 5) is 8.46. The second-order valence-electron chi connectivity index (χ2n) is 3.43. The van der Waals surface area contributed by atoms with E-state index in [1.807, 2.05) is 0 Å². The highest BCUT2D eigenvalue weighted by Gasteiger charge is 2.10. The maximum absolute atomic E-state index is 12.4. The first kappa shape index (κ1) is 13.5. The van der Waals surface area contributed by atoms with Crippen molar-refractivity contribution in [2.45, 2.75) is 10.7 Å². The number of alkyl halides is 2. The maximum atomic E-state index is 12.4. The normalized spacial score (nSPS) is 10.5. The molecule has 1 heterocycles. The summed E-state index contributed by atoms with van der Waals surface area (Å²) in [5.41, 5.74) is 2.90. The van der Waals surface area contributed by atoms with E-state index in [4.69, 9.17) is 5.84 Å². The van der Waals surface area contributed by atoms with Gasteiger partial charge in [0.1, 0.15) is 0 Å². The Morgan fingerprint density at radius 1 is 1.16 bits per heavy atom. The number of aromatic nitrogens is 2. The highest BCUT2D eigenvalue weighted by molar-refractivity contribution is 7.99. The molecule has 2 rings (SSSR count). The SMILES string of the molecule is NNc1cncc(Nc2ccccc2SC(F)F)n1. The predicted molar refractivity (Wildman–Crippen MR) is 71.4 cm³/mol. The van der Waals surface area contributed by atoms with Gasteiger partial charge in [0.15, 0.2) is 11.6 Å². The molecule has 0 aliphatic heterocycles. The Hall–Kier alpha value is -1.93. The van der Waals surface area contributed by atoms with Gasteiger partial charge in [0, 0.05) is 4.90 Å². The van der Waals surface area contributed by atoms with Crippen molar-refractivity contribution < 1.29 is 8.78 Å². The molecule has 0 bridgehead atoms. The van der Waals surface area contributed by atoms with Crippen LogP contribution in [0.2, 0.25) is 0 Å². The van der Waals surface area contributed by atoms with E-state index in [-0.39, 0.29) is 0 Å². The molecule has 0 saturated heterocycles. The number of nitrogens with one attached hydrogen (secondary N) is 2. The van der Waals surface area contributed by atoms with Crippen LogP contribution in [0, 0.1) is 0 Å². The van der Waals surface area contributed by atoms with Crippen molar-refractivity contribution in [3.05, 3.63) is 36.7 Å². The van der Waals surface area contributed by atoms with Gasteiger partial charge in [-0.15, -0.1) is 0 Å². The summed E-state index contributed by atoms with van der Waals surface area (Å²) in [6.07, 6.45) is 2.93. The minimum absolute atomic E-state index is 0.379. The van der Waals surface area contributed by atoms with Crippen LogP contribution in [0.1, 0.15) is 0 Å². The van der Waals surface area contributed by atoms with Crippen molar-refractivity contribution in [1.82, 2.24) is 9.97 Å². The highest BCUT2D eigenvalue weighted by Crippen LogP contribution is 2.32. The van der Waals surface area contributed by atoms with Gasteiger partial charge in [0.05, 0.1) is 18.1 Å². The summed E-state index contributed by atoms with van der Waals surface area (Å²) in [5.74, 6) is 3.54. The maximum Gasteiger partial charge on any atom is 0.288 e. The van der Waals surface area contributed by atoms with Crippen LogP contribution in [0.25, 0.3) is 0 Å². The zero-order valence-electron chi connectivity index (χ0n) is 9.68. The van der Waals surface area contributed by atoms with Crippen LogP contribution < -0.4 is 16.6 Å². The van der Waals surface area contributed by atoms with Gasteiger partial charge in [-0.1, -0.05) is 23.9 Å². The third kappa shape index (κ3) is 3.76. The fraction of sp³-hybridized carbons (Fsp3) is 0.0909. The quantitative estimate of drug-likeness (QED) is 0.445. The van der Waals surface area contributed by atoms with Crippen molar-refractivity contribution in [1.29, 1.82) is 0 Å². The van der Waals surface area contributed by atoms with Crippen LogP contribution in [0.15, 0.2) is 41.6 Å². The Kier molecular flexibility index (Phi) is 4.48. The van der Waals surface area contributed by atoms with Gasteiger partial charge in [-0.2, -0.15) is 8.78 Å². The van der Waals surface area contributed by atoms with Crippen LogP contribution in [-0.4, -0.2) is 15.7 Å². The van der Waals surface area contributed by atoms with Gasteiger partial charge in [-0.05, 0) is 12.1 Å². The third-order valence-corrected chi connectivity index (χ3v) is 2.94. The van der Waals surface area contributed by atoms with E-state index in [2.05, 4.69) is 20.7 Å². The fourth-order valence-electron chi connectivity index (χ4n) is 1.40. The Labute approximate surface area is 112 Å². The number of benzene rings is 1. The van der Waals surface area contributed by atoms with Crippen molar-refractivity contribution in [2.75, 3.05) is 10.7 Å². The second kappa shape index (κ2) is 6.30. The topological polar surface area (TPSA) is 75.9 Å². The summed E-state index contributed by atoms with van der Waals surface area (Å²) < 4.78 is 24.9. The summed E-state index contributed by atoms with van der Waals surface area (Å²) in [6.45, 7) is 0. The number of para-hydroxylation sites is 1. The molecule has 0 unspecified atom stereocenters. The number of rotatable bonds is 5. The standard InChI is InChI=1S/C11H11F2N5S/c12-11(13)19-8-4-2-1-3-7(8)16-9-5-15-6-10(17-9)18-14/h1-6,11H,14H2,(H2,16,17,18). The molecule has 0 atom stereocenters. The molecule has 8 heteroatoms. The van der Waals surface area contributed by atoms with Crippen molar-refractivity contribution >= 4 is 29.1 Å². The average Bonchev–Trinajstić information content (AvgIpc) is 2.41. The van der Waals surface area contributed by atoms with Crippen LogP contribution in [0.3, 0.4) is 0 Å². The number of nitrogens with zero attached hydrogens (tertiary/aromatic N) is 2. The molecule has 1 aromatic heterocycles. The van der Waals surface area contributed by atoms with E-state index in [9.17, 15) is 8.78 Å². The molecule has 100 valence electrons. The van der Waals surface area contributed by atoms with Crippen molar-refractivity contribution in [3.8, 4) is 0 Å². The molecule has 0 spiro atoms. The molecule has 0 aliphatic rings. The van der Waals surface area contributed by atoms with Gasteiger partial charge in [-0.25, -0.2) is 10.8 Å². The van der Waals surface area contributed by atoms with Gasteiger partial charge in [0.2, 0.25) is 0 Å². The molecule has 0 radical (unpaired) electrons. The second-order valence-corrected chi connectivity index (χ2v) is 4.47. The lowest BCUT2D eigenvalue weighted by Gasteiger charge is -2.11. The van der Waals surface area contributed by atoms with Crippen LogP contribution in [0.4, 0.5) is 26.1 Å². The van der Waals surface area contributed by atoms with E-state index in [0.717, 1.165) is 0 Å². The zero-order valence-corrected chi connectivity index (χ0v) is 10.5. The molecule has 2 aromatic rings. The van der Waals surface area contributed by atoms with Gasteiger partial charge in [0.25, 0.3) is 5.76 Å². The van der Waals surface area contributed by atoms with E-state index < -0.39 is 5.76 Å². The Morgan fingerprint density at radius 2 is 1.89 bits per heavy atom. The van der Waals surface area contributed by atoms with Gasteiger partial charge in [-0.3, -0.25) is 4.98 Å². The molecule has 1 aromatic carbocycles. The summed E-state index contributed by atoms with van der Waals surface area (Å²) in [7, 11) is 0. The smallest absolute Gasteiger partial charge is 0.288 e. The first-order valence-corrected chi connectivity index (χ1v) is 6.16. The highest BCUT2D eigenvalue weighted by atomic mass is 32.2. The van der Waals surface area contributed by atoms with Crippen LogP contribution in [0.5, 0.6) is 0 Å². The van der Waals surface area contributed by atoms with E-state index in [1.54, 1.807) is 24.3 Å². The predicted octanol–water partition coefficient (Wildman–Crippen LogP) is 2.82. The minimum atomic E-state index is -2.48. The molecule has 0 saturated carbocycles. The first-order valence-electron chi connectivity index (χ1n) is 5.28. The molecular formula is C11H11F2N5S. The Balaban J connectivity index is 2.22. The number of anilines is 3. The van der Waals surface area contributed by atoms with E-state index in [1.165, 1.54) is 12.4 Å². The summed E-state index contributed by atoms with van der Waals surface area (Å²) in [5, 5.41) is 2.93. The number of thioether (sulfide) groups is 1. The lowest BCUT2D eigenvalue weighted by Crippen LogP contribution is -2.09. The number of hydrogen-bond acceptors (Lipinski definition) is 6. The molecule has 5 nitrogen and oxygen atoms in total. The summed E-state index contributed by atoms with van der Waals surface area (Å²) in [6, 6.07) is 6.74. The lowest BCUT2D eigenvalue weighted by molar-refractivity contribution is 0.252. The van der Waals surface area contributed by atoms with Gasteiger partial charge >= 0.3 is 0 Å². The first-order chi connectivity index (χ1) is 9.19. The molecule has 0 amide bonds. The van der Waals surface area contributed by atoms with Crippen molar-refractivity contribution in [2.24, 2.45) is 5.84 Å². The largest absolute Gasteiger partial charge is 0.338 e. The number of halogens is 2. The Morgan fingerprint density at radius 3 is 2.63 bits per heavy atom. The molecule has 4 N–H and O–H groups in total. The average molecular weight is 283 g/mol. The molecule has 0 aliphatic carbocycles. The number of hydrogen-bond donors (Lipinski definition) is 3. The number of hydrazine groups is 1. The minimum Gasteiger partial charge on any atom is -0.338 e. The molecule has 0 fully saturated rings. The summed E-state index contributed by atoms with van der Waals surface area (Å²) >= 11 is 0.470. The number of nitrogens with two attached hydrogens (primary N) is 1. The van der Waals surface area contributed by atoms with Crippen LogP contribution in [-0.2, 0) is 0 Å². The molecular weight excluding hydrogens is 272 g/mol. The van der Waals surface area contributed by atoms with E-state index in [0.29, 0.717) is 34.0 Å².